The van der Waals surface area contributed by atoms with E-state index in [0.717, 1.165) is 0 Å². The second-order valence-electron chi connectivity index (χ2n) is 4.84. The predicted octanol–water partition coefficient (Wildman–Crippen LogP) is -2.42. The zero-order chi connectivity index (χ0) is 17.2. The van der Waals surface area contributed by atoms with E-state index in [9.17, 15) is 14.7 Å². The summed E-state index contributed by atoms with van der Waals surface area (Å²) >= 11 is 0. The highest BCUT2D eigenvalue weighted by molar-refractivity contribution is 6.56. The van der Waals surface area contributed by atoms with E-state index >= 15 is 0 Å². The Hall–Kier alpha value is -1.08. The van der Waals surface area contributed by atoms with Crippen molar-refractivity contribution in [1.29, 1.82) is 0 Å². The molecular formula is C11H23NO9Si. The van der Waals surface area contributed by atoms with Crippen LogP contribution in [0.4, 0.5) is 0 Å². The lowest BCUT2D eigenvalue weighted by atomic mass is 10.1. The fourth-order valence-corrected chi connectivity index (χ4v) is 2.17. The molecule has 0 radical (unpaired) electrons. The third-order valence-electron chi connectivity index (χ3n) is 2.66. The van der Waals surface area contributed by atoms with Crippen LogP contribution in [-0.2, 0) is 14.3 Å². The van der Waals surface area contributed by atoms with Crippen LogP contribution in [0.25, 0.3) is 0 Å². The number of nitrogens with one attached hydrogen (secondary N) is 1. The molecule has 0 spiro atoms. The minimum absolute atomic E-state index is 0.0880. The number of aliphatic carboxylic acids is 2. The number of rotatable bonds is 13. The smallest absolute Gasteiger partial charge is 0.481 e. The van der Waals surface area contributed by atoms with Gasteiger partial charge in [-0.25, -0.2) is 0 Å². The van der Waals surface area contributed by atoms with Crippen molar-refractivity contribution >= 4 is 20.7 Å². The van der Waals surface area contributed by atoms with Crippen LogP contribution in [-0.4, -0.2) is 82.4 Å². The summed E-state index contributed by atoms with van der Waals surface area (Å²) in [7, 11) is -4.06. The van der Waals surface area contributed by atoms with Crippen molar-refractivity contribution in [1.82, 2.24) is 5.32 Å². The van der Waals surface area contributed by atoms with Gasteiger partial charge in [0.25, 0.3) is 0 Å². The average Bonchev–Trinajstić information content (AvgIpc) is 2.36. The van der Waals surface area contributed by atoms with Crippen LogP contribution in [0.3, 0.4) is 0 Å². The van der Waals surface area contributed by atoms with Crippen molar-refractivity contribution in [3.05, 3.63) is 0 Å². The number of carbonyl (C=O) groups is 2. The van der Waals surface area contributed by atoms with Crippen LogP contribution in [0.2, 0.25) is 6.04 Å². The van der Waals surface area contributed by atoms with E-state index in [2.05, 4.69) is 5.32 Å². The van der Waals surface area contributed by atoms with E-state index < -0.39 is 32.9 Å². The van der Waals surface area contributed by atoms with E-state index in [1.807, 2.05) is 0 Å². The number of aliphatic hydroxyl groups is 1. The van der Waals surface area contributed by atoms with Crippen LogP contribution in [0.15, 0.2) is 0 Å². The molecule has 0 bridgehead atoms. The molecule has 0 aromatic carbocycles. The predicted molar refractivity (Wildman–Crippen MR) is 75.0 cm³/mol. The molecule has 0 aromatic heterocycles. The van der Waals surface area contributed by atoms with Gasteiger partial charge in [0.05, 0.1) is 12.7 Å². The highest BCUT2D eigenvalue weighted by Crippen LogP contribution is 2.02. The third-order valence-corrected chi connectivity index (χ3v) is 3.68. The second-order valence-corrected chi connectivity index (χ2v) is 6.89. The Morgan fingerprint density at radius 1 is 1.18 bits per heavy atom. The molecule has 0 fully saturated rings. The molecule has 0 saturated heterocycles. The minimum Gasteiger partial charge on any atom is -0.481 e. The van der Waals surface area contributed by atoms with Crippen molar-refractivity contribution in [2.45, 2.75) is 37.5 Å². The zero-order valence-electron chi connectivity index (χ0n) is 12.0. The molecule has 0 heterocycles. The van der Waals surface area contributed by atoms with Crippen molar-refractivity contribution in [3.8, 4) is 0 Å². The maximum atomic E-state index is 10.9. The van der Waals surface area contributed by atoms with E-state index in [1.54, 1.807) is 0 Å². The maximum absolute atomic E-state index is 10.9. The SMILES string of the molecule is O=C(O)CCC(NCC(O)COCCC[Si](O)(O)O)C(=O)O. The van der Waals surface area contributed by atoms with Gasteiger partial charge in [0, 0.05) is 25.6 Å². The third kappa shape index (κ3) is 12.6. The summed E-state index contributed by atoms with van der Waals surface area (Å²) in [6.45, 7) is -0.0841. The zero-order valence-corrected chi connectivity index (χ0v) is 13.0. The molecule has 0 amide bonds. The molecular weight excluding hydrogens is 318 g/mol. The lowest BCUT2D eigenvalue weighted by Gasteiger charge is -2.17. The molecule has 0 aliphatic carbocycles. The first kappa shape index (κ1) is 20.9. The Balaban J connectivity index is 3.83. The van der Waals surface area contributed by atoms with E-state index in [4.69, 9.17) is 29.3 Å². The van der Waals surface area contributed by atoms with Gasteiger partial charge in [-0.2, -0.15) is 0 Å². The first-order valence-electron chi connectivity index (χ1n) is 6.72. The average molecular weight is 341 g/mol. The normalized spacial score (nSPS) is 14.5. The summed E-state index contributed by atoms with van der Waals surface area (Å²) in [4.78, 5) is 47.5. The summed E-state index contributed by atoms with van der Waals surface area (Å²) in [6, 6.07) is -1.24. The quantitative estimate of drug-likeness (QED) is 0.141. The van der Waals surface area contributed by atoms with E-state index in [1.165, 1.54) is 0 Å². The Morgan fingerprint density at radius 3 is 2.32 bits per heavy atom. The molecule has 2 atom stereocenters. The molecule has 130 valence electrons. The van der Waals surface area contributed by atoms with Gasteiger partial charge in [-0.1, -0.05) is 0 Å². The Morgan fingerprint density at radius 2 is 1.82 bits per heavy atom. The van der Waals surface area contributed by atoms with Crippen LogP contribution in [0.1, 0.15) is 19.3 Å². The van der Waals surface area contributed by atoms with Gasteiger partial charge in [0.15, 0.2) is 0 Å². The lowest BCUT2D eigenvalue weighted by Crippen LogP contribution is -2.42. The molecule has 2 unspecified atom stereocenters. The summed E-state index contributed by atoms with van der Waals surface area (Å²) in [5, 5.41) is 29.5. The maximum Gasteiger partial charge on any atom is 0.492 e. The molecule has 11 heteroatoms. The highest BCUT2D eigenvalue weighted by Gasteiger charge is 2.25. The van der Waals surface area contributed by atoms with Crippen LogP contribution < -0.4 is 5.32 Å². The van der Waals surface area contributed by atoms with Gasteiger partial charge < -0.3 is 39.8 Å². The largest absolute Gasteiger partial charge is 0.492 e. The van der Waals surface area contributed by atoms with E-state index in [-0.39, 0.29) is 45.1 Å². The number of hydrogen-bond donors (Lipinski definition) is 7. The van der Waals surface area contributed by atoms with Gasteiger partial charge in [-0.15, -0.1) is 0 Å². The van der Waals surface area contributed by atoms with Gasteiger partial charge in [0.2, 0.25) is 0 Å². The molecule has 22 heavy (non-hydrogen) atoms. The molecule has 0 aliphatic heterocycles. The van der Waals surface area contributed by atoms with Crippen molar-refractivity contribution in [2.24, 2.45) is 0 Å². The summed E-state index contributed by atoms with van der Waals surface area (Å²) in [5.41, 5.74) is 0. The summed E-state index contributed by atoms with van der Waals surface area (Å²) < 4.78 is 5.04. The number of carboxylic acids is 2. The van der Waals surface area contributed by atoms with Crippen molar-refractivity contribution < 1.29 is 44.0 Å². The van der Waals surface area contributed by atoms with Gasteiger partial charge >= 0.3 is 20.7 Å². The first-order chi connectivity index (χ1) is 10.1. The Bertz CT molecular complexity index is 347. The molecule has 7 N–H and O–H groups in total. The van der Waals surface area contributed by atoms with Gasteiger partial charge in [-0.05, 0) is 12.8 Å². The van der Waals surface area contributed by atoms with E-state index in [0.29, 0.717) is 0 Å². The number of aliphatic hydroxyl groups excluding tert-OH is 1. The van der Waals surface area contributed by atoms with Crippen molar-refractivity contribution in [2.75, 3.05) is 19.8 Å². The molecule has 0 rings (SSSR count). The van der Waals surface area contributed by atoms with Gasteiger partial charge in [0.1, 0.15) is 6.04 Å². The summed E-state index contributed by atoms with van der Waals surface area (Å²) in [6.07, 6.45) is -1.18. The monoisotopic (exact) mass is 341 g/mol. The standard InChI is InChI=1S/C11H23NO9Si/c13-8(7-21-4-1-5-22(18,19)20)6-12-9(11(16)17)2-3-10(14)15/h8-9,12-13,18-20H,1-7H2,(H,14,15)(H,16,17). The van der Waals surface area contributed by atoms with Crippen LogP contribution in [0, 0.1) is 0 Å². The summed E-state index contributed by atoms with van der Waals surface area (Å²) in [5.74, 6) is -2.31. The molecule has 10 nitrogen and oxygen atoms in total. The number of ether oxygens (including phenoxy) is 1. The molecule has 0 saturated carbocycles. The Kier molecular flexibility index (Phi) is 10.1. The second kappa shape index (κ2) is 10.6. The lowest BCUT2D eigenvalue weighted by molar-refractivity contribution is -0.140. The van der Waals surface area contributed by atoms with Crippen LogP contribution >= 0.6 is 0 Å². The first-order valence-corrected chi connectivity index (χ1v) is 8.77. The number of hydrogen-bond acceptors (Lipinski definition) is 8. The Labute approximate surface area is 128 Å². The fourth-order valence-electron chi connectivity index (χ4n) is 1.55. The fraction of sp³-hybridized carbons (Fsp3) is 0.818. The van der Waals surface area contributed by atoms with Crippen LogP contribution in [0.5, 0.6) is 0 Å². The minimum atomic E-state index is -4.06. The topological polar surface area (TPSA) is 177 Å². The molecule has 0 aromatic rings. The van der Waals surface area contributed by atoms with Crippen molar-refractivity contribution in [3.63, 3.8) is 0 Å². The number of carboxylic acid groups (broad SMARTS) is 2. The van der Waals surface area contributed by atoms with Gasteiger partial charge in [-0.3, -0.25) is 9.59 Å². The highest BCUT2D eigenvalue weighted by atomic mass is 28.4. The molecule has 0 aliphatic rings.